The number of fused-ring (bicyclic) bond motifs is 1. The lowest BCUT2D eigenvalue weighted by atomic mass is 10.2. The largest absolute Gasteiger partial charge is 0.377 e. The average Bonchev–Trinajstić information content (AvgIpc) is 2.55. The van der Waals surface area contributed by atoms with Gasteiger partial charge in [0.2, 0.25) is 0 Å². The summed E-state index contributed by atoms with van der Waals surface area (Å²) in [6.45, 7) is 1.77. The molecular weight excluding hydrogens is 368 g/mol. The number of rotatable bonds is 4. The number of nitrogens with zero attached hydrogens (tertiary/aromatic N) is 2. The van der Waals surface area contributed by atoms with Gasteiger partial charge in [0, 0.05) is 17.1 Å². The maximum absolute atomic E-state index is 12.5. The second kappa shape index (κ2) is 6.30. The van der Waals surface area contributed by atoms with Crippen LogP contribution in [-0.2, 0) is 10.1 Å². The van der Waals surface area contributed by atoms with E-state index in [4.69, 9.17) is 15.8 Å². The van der Waals surface area contributed by atoms with Gasteiger partial charge in [-0.05, 0) is 31.2 Å². The molecule has 0 radical (unpaired) electrons. The van der Waals surface area contributed by atoms with Crippen LogP contribution in [0.25, 0.3) is 10.9 Å². The fourth-order valence-electron chi connectivity index (χ4n) is 2.24. The second-order valence-corrected chi connectivity index (χ2v) is 7.14. The number of halogens is 1. The number of nitro groups is 1. The van der Waals surface area contributed by atoms with Crippen LogP contribution in [-0.4, -0.2) is 18.3 Å². The van der Waals surface area contributed by atoms with Crippen molar-refractivity contribution in [2.75, 3.05) is 0 Å². The van der Waals surface area contributed by atoms with Crippen molar-refractivity contribution in [1.29, 1.82) is 0 Å². The first-order chi connectivity index (χ1) is 11.8. The highest BCUT2D eigenvalue weighted by Gasteiger charge is 2.23. The van der Waals surface area contributed by atoms with Crippen LogP contribution < -0.4 is 4.18 Å². The molecule has 0 aliphatic heterocycles. The monoisotopic (exact) mass is 378 g/mol. The normalized spacial score (nSPS) is 11.4. The first-order valence-corrected chi connectivity index (χ1v) is 8.81. The van der Waals surface area contributed by atoms with Crippen molar-refractivity contribution >= 4 is 38.3 Å². The van der Waals surface area contributed by atoms with Gasteiger partial charge in [-0.15, -0.1) is 0 Å². The molecule has 128 valence electrons. The lowest BCUT2D eigenvalue weighted by molar-refractivity contribution is -0.384. The Kier molecular flexibility index (Phi) is 4.32. The molecule has 25 heavy (non-hydrogen) atoms. The van der Waals surface area contributed by atoms with Gasteiger partial charge in [0.1, 0.15) is 15.4 Å². The highest BCUT2D eigenvalue weighted by molar-refractivity contribution is 7.87. The van der Waals surface area contributed by atoms with Gasteiger partial charge in [0.15, 0.2) is 5.75 Å². The molecule has 0 atom stereocenters. The smallest absolute Gasteiger partial charge is 0.339 e. The van der Waals surface area contributed by atoms with E-state index < -0.39 is 20.7 Å². The van der Waals surface area contributed by atoms with Gasteiger partial charge < -0.3 is 4.18 Å². The van der Waals surface area contributed by atoms with Crippen molar-refractivity contribution in [3.8, 4) is 5.75 Å². The Labute approximate surface area is 148 Å². The zero-order chi connectivity index (χ0) is 18.2. The summed E-state index contributed by atoms with van der Waals surface area (Å²) in [6.07, 6.45) is 0. The summed E-state index contributed by atoms with van der Waals surface area (Å²) in [4.78, 5) is 14.1. The Bertz CT molecular complexity index is 1100. The summed E-state index contributed by atoms with van der Waals surface area (Å²) in [5.41, 5.74) is 0.566. The van der Waals surface area contributed by atoms with E-state index in [0.717, 1.165) is 18.2 Å². The SMILES string of the molecule is Cc1ccc2cccc(OS(=O)(=O)c3ccc(Cl)c([N+](=O)[O-])c3)c2n1. The van der Waals surface area contributed by atoms with Gasteiger partial charge >= 0.3 is 10.1 Å². The lowest BCUT2D eigenvalue weighted by Crippen LogP contribution is -2.10. The van der Waals surface area contributed by atoms with Crippen molar-refractivity contribution in [3.63, 3.8) is 0 Å². The summed E-state index contributed by atoms with van der Waals surface area (Å²) in [5.74, 6) is 0.0406. The molecule has 0 saturated heterocycles. The molecule has 0 amide bonds. The standard InChI is InChI=1S/C16H11ClN2O5S/c1-10-5-6-11-3-2-4-15(16(11)18-10)24-25(22,23)12-7-8-13(17)14(9-12)19(20)21/h2-9H,1H3. The Morgan fingerprint density at radius 2 is 1.92 bits per heavy atom. The quantitative estimate of drug-likeness (QED) is 0.388. The minimum Gasteiger partial charge on any atom is -0.377 e. The number of nitro benzene ring substituents is 1. The van der Waals surface area contributed by atoms with Crippen LogP contribution in [0, 0.1) is 17.0 Å². The topological polar surface area (TPSA) is 99.4 Å². The van der Waals surface area contributed by atoms with Crippen molar-refractivity contribution in [2.24, 2.45) is 0 Å². The zero-order valence-electron chi connectivity index (χ0n) is 12.8. The minimum atomic E-state index is -4.29. The van der Waals surface area contributed by atoms with Gasteiger partial charge in [-0.2, -0.15) is 8.42 Å². The number of benzene rings is 2. The number of para-hydroxylation sites is 1. The highest BCUT2D eigenvalue weighted by atomic mass is 35.5. The number of pyridine rings is 1. The summed E-state index contributed by atoms with van der Waals surface area (Å²) in [5, 5.41) is 11.5. The summed E-state index contributed by atoms with van der Waals surface area (Å²) < 4.78 is 30.2. The van der Waals surface area contributed by atoms with Gasteiger partial charge in [0.05, 0.1) is 4.92 Å². The first-order valence-electron chi connectivity index (χ1n) is 7.03. The van der Waals surface area contributed by atoms with E-state index in [0.29, 0.717) is 16.6 Å². The van der Waals surface area contributed by atoms with E-state index in [1.807, 2.05) is 0 Å². The fourth-order valence-corrected chi connectivity index (χ4v) is 3.38. The number of hydrogen-bond donors (Lipinski definition) is 0. The maximum Gasteiger partial charge on any atom is 0.339 e. The number of aryl methyl sites for hydroxylation is 1. The minimum absolute atomic E-state index is 0.0406. The van der Waals surface area contributed by atoms with E-state index >= 15 is 0 Å². The van der Waals surface area contributed by atoms with E-state index in [2.05, 4.69) is 4.98 Å². The molecule has 0 bridgehead atoms. The van der Waals surface area contributed by atoms with Crippen molar-refractivity contribution in [3.05, 3.63) is 69.4 Å². The predicted molar refractivity (Wildman–Crippen MR) is 92.4 cm³/mol. The molecule has 0 fully saturated rings. The molecule has 1 heterocycles. The molecule has 7 nitrogen and oxygen atoms in total. The third kappa shape index (κ3) is 3.40. The number of hydrogen-bond acceptors (Lipinski definition) is 6. The van der Waals surface area contributed by atoms with E-state index in [-0.39, 0.29) is 15.7 Å². The predicted octanol–water partition coefficient (Wildman–Crippen LogP) is 3.87. The Balaban J connectivity index is 2.07. The molecule has 0 saturated carbocycles. The van der Waals surface area contributed by atoms with Crippen molar-refractivity contribution in [2.45, 2.75) is 11.8 Å². The molecule has 0 N–H and O–H groups in total. The molecule has 3 rings (SSSR count). The number of aromatic nitrogens is 1. The molecule has 0 spiro atoms. The third-order valence-corrected chi connectivity index (χ3v) is 4.97. The van der Waals surface area contributed by atoms with Crippen LogP contribution in [0.1, 0.15) is 5.69 Å². The van der Waals surface area contributed by atoms with E-state index in [9.17, 15) is 18.5 Å². The van der Waals surface area contributed by atoms with Crippen LogP contribution in [0.3, 0.4) is 0 Å². The van der Waals surface area contributed by atoms with E-state index in [1.54, 1.807) is 31.2 Å². The van der Waals surface area contributed by atoms with E-state index in [1.165, 1.54) is 6.07 Å². The summed E-state index contributed by atoms with van der Waals surface area (Å²) in [6, 6.07) is 11.6. The summed E-state index contributed by atoms with van der Waals surface area (Å²) in [7, 11) is -4.29. The zero-order valence-corrected chi connectivity index (χ0v) is 14.4. The molecule has 3 aromatic rings. The van der Waals surface area contributed by atoms with Crippen LogP contribution in [0.4, 0.5) is 5.69 Å². The van der Waals surface area contributed by atoms with Gasteiger partial charge in [0.25, 0.3) is 5.69 Å². The highest BCUT2D eigenvalue weighted by Crippen LogP contribution is 2.30. The Morgan fingerprint density at radius 1 is 1.16 bits per heavy atom. The molecule has 0 unspecified atom stereocenters. The molecule has 0 aliphatic carbocycles. The Hall–Kier alpha value is -2.71. The third-order valence-electron chi connectivity index (χ3n) is 3.42. The van der Waals surface area contributed by atoms with Gasteiger partial charge in [-0.1, -0.05) is 29.8 Å². The van der Waals surface area contributed by atoms with Crippen LogP contribution in [0.2, 0.25) is 5.02 Å². The fraction of sp³-hybridized carbons (Fsp3) is 0.0625. The van der Waals surface area contributed by atoms with Crippen LogP contribution in [0.15, 0.2) is 53.4 Å². The first kappa shape index (κ1) is 17.1. The van der Waals surface area contributed by atoms with Crippen LogP contribution in [0.5, 0.6) is 5.75 Å². The Morgan fingerprint density at radius 3 is 2.64 bits per heavy atom. The average molecular weight is 379 g/mol. The molecular formula is C16H11ClN2O5S. The van der Waals surface area contributed by atoms with Crippen molar-refractivity contribution < 1.29 is 17.5 Å². The molecule has 0 aliphatic rings. The second-order valence-electron chi connectivity index (χ2n) is 5.19. The van der Waals surface area contributed by atoms with Crippen molar-refractivity contribution in [1.82, 2.24) is 4.98 Å². The lowest BCUT2D eigenvalue weighted by Gasteiger charge is -2.09. The maximum atomic E-state index is 12.5. The molecule has 9 heteroatoms. The molecule has 2 aromatic carbocycles. The van der Waals surface area contributed by atoms with Gasteiger partial charge in [-0.3, -0.25) is 10.1 Å². The van der Waals surface area contributed by atoms with Gasteiger partial charge in [-0.25, -0.2) is 4.98 Å². The summed E-state index contributed by atoms with van der Waals surface area (Å²) >= 11 is 5.71. The molecule has 1 aromatic heterocycles. The van der Waals surface area contributed by atoms with Crippen LogP contribution >= 0.6 is 11.6 Å².